The molecular formula is C19H27NO5. The Kier molecular flexibility index (Phi) is 10.0. The SMILES string of the molecule is CCOC(=O)CCN(CCCO)C(=O)/C=C/c1ccc(OCC)cc1. The van der Waals surface area contributed by atoms with E-state index in [1.54, 1.807) is 13.0 Å². The van der Waals surface area contributed by atoms with Crippen LogP contribution in [0.25, 0.3) is 6.08 Å². The maximum Gasteiger partial charge on any atom is 0.307 e. The standard InChI is InChI=1S/C19H27NO5/c1-3-24-17-9-6-16(7-10-17)8-11-18(22)20(13-5-15-21)14-12-19(23)25-4-2/h6-11,21H,3-5,12-15H2,1-2H3/b11-8+. The third-order valence-electron chi connectivity index (χ3n) is 3.40. The Balaban J connectivity index is 2.64. The number of hydrogen-bond donors (Lipinski definition) is 1. The number of aliphatic hydroxyl groups excluding tert-OH is 1. The number of hydrogen-bond acceptors (Lipinski definition) is 5. The molecule has 0 aliphatic rings. The van der Waals surface area contributed by atoms with Gasteiger partial charge in [0.2, 0.25) is 5.91 Å². The molecule has 0 spiro atoms. The highest BCUT2D eigenvalue weighted by atomic mass is 16.5. The Morgan fingerprint density at radius 2 is 1.84 bits per heavy atom. The van der Waals surface area contributed by atoms with E-state index >= 15 is 0 Å². The molecule has 25 heavy (non-hydrogen) atoms. The van der Waals surface area contributed by atoms with Crippen LogP contribution in [0.4, 0.5) is 0 Å². The molecule has 0 radical (unpaired) electrons. The van der Waals surface area contributed by atoms with Crippen LogP contribution in [0.3, 0.4) is 0 Å². The van der Waals surface area contributed by atoms with Gasteiger partial charge in [0.15, 0.2) is 0 Å². The van der Waals surface area contributed by atoms with Crippen LogP contribution in [0, 0.1) is 0 Å². The summed E-state index contributed by atoms with van der Waals surface area (Å²) in [6.45, 7) is 5.24. The average Bonchev–Trinajstić information content (AvgIpc) is 2.61. The lowest BCUT2D eigenvalue weighted by atomic mass is 10.2. The Morgan fingerprint density at radius 3 is 2.44 bits per heavy atom. The molecule has 0 aliphatic heterocycles. The molecule has 0 heterocycles. The van der Waals surface area contributed by atoms with Gasteiger partial charge in [-0.1, -0.05) is 12.1 Å². The minimum Gasteiger partial charge on any atom is -0.494 e. The van der Waals surface area contributed by atoms with Crippen molar-refractivity contribution in [1.29, 1.82) is 0 Å². The van der Waals surface area contributed by atoms with Crippen LogP contribution < -0.4 is 4.74 Å². The highest BCUT2D eigenvalue weighted by Crippen LogP contribution is 2.13. The smallest absolute Gasteiger partial charge is 0.307 e. The van der Waals surface area contributed by atoms with Gasteiger partial charge in [-0.05, 0) is 44.0 Å². The second kappa shape index (κ2) is 12.1. The Morgan fingerprint density at radius 1 is 1.12 bits per heavy atom. The van der Waals surface area contributed by atoms with E-state index in [-0.39, 0.29) is 31.4 Å². The van der Waals surface area contributed by atoms with Crippen molar-refractivity contribution in [3.63, 3.8) is 0 Å². The average molecular weight is 349 g/mol. The van der Waals surface area contributed by atoms with Gasteiger partial charge >= 0.3 is 5.97 Å². The van der Waals surface area contributed by atoms with E-state index < -0.39 is 0 Å². The van der Waals surface area contributed by atoms with Crippen LogP contribution in [-0.4, -0.2) is 54.8 Å². The van der Waals surface area contributed by atoms with E-state index in [9.17, 15) is 9.59 Å². The van der Waals surface area contributed by atoms with Gasteiger partial charge in [-0.25, -0.2) is 0 Å². The molecule has 1 aromatic rings. The fraction of sp³-hybridized carbons (Fsp3) is 0.474. The summed E-state index contributed by atoms with van der Waals surface area (Å²) in [7, 11) is 0. The molecule has 1 rings (SSSR count). The lowest BCUT2D eigenvalue weighted by molar-refractivity contribution is -0.143. The van der Waals surface area contributed by atoms with E-state index in [1.165, 1.54) is 11.0 Å². The molecular weight excluding hydrogens is 322 g/mol. The lowest BCUT2D eigenvalue weighted by Crippen LogP contribution is -2.33. The second-order valence-electron chi connectivity index (χ2n) is 5.29. The summed E-state index contributed by atoms with van der Waals surface area (Å²) in [5.41, 5.74) is 0.879. The molecule has 0 saturated heterocycles. The van der Waals surface area contributed by atoms with Crippen molar-refractivity contribution >= 4 is 18.0 Å². The number of rotatable bonds is 11. The van der Waals surface area contributed by atoms with Gasteiger partial charge < -0.3 is 19.5 Å². The summed E-state index contributed by atoms with van der Waals surface area (Å²) in [5, 5.41) is 8.98. The molecule has 6 nitrogen and oxygen atoms in total. The number of ether oxygens (including phenoxy) is 2. The Bertz CT molecular complexity index is 553. The third-order valence-corrected chi connectivity index (χ3v) is 3.40. The number of carbonyl (C=O) groups is 2. The van der Waals surface area contributed by atoms with Crippen LogP contribution in [0.1, 0.15) is 32.3 Å². The van der Waals surface area contributed by atoms with Gasteiger partial charge in [-0.3, -0.25) is 9.59 Å². The Hall–Kier alpha value is -2.34. The molecule has 0 bridgehead atoms. The van der Waals surface area contributed by atoms with Crippen molar-refractivity contribution in [2.75, 3.05) is 32.9 Å². The lowest BCUT2D eigenvalue weighted by Gasteiger charge is -2.20. The molecule has 138 valence electrons. The monoisotopic (exact) mass is 349 g/mol. The molecule has 1 amide bonds. The van der Waals surface area contributed by atoms with Crippen LogP contribution in [0.2, 0.25) is 0 Å². The van der Waals surface area contributed by atoms with Crippen molar-refractivity contribution in [2.24, 2.45) is 0 Å². The number of benzene rings is 1. The normalized spacial score (nSPS) is 10.7. The van der Waals surface area contributed by atoms with Gasteiger partial charge in [0.05, 0.1) is 19.6 Å². The quantitative estimate of drug-likeness (QED) is 0.490. The van der Waals surface area contributed by atoms with Crippen LogP contribution in [-0.2, 0) is 14.3 Å². The Labute approximate surface area is 149 Å². The van der Waals surface area contributed by atoms with Crippen molar-refractivity contribution in [3.8, 4) is 5.75 Å². The summed E-state index contributed by atoms with van der Waals surface area (Å²) >= 11 is 0. The molecule has 0 unspecified atom stereocenters. The van der Waals surface area contributed by atoms with Crippen molar-refractivity contribution in [2.45, 2.75) is 26.7 Å². The number of nitrogens with zero attached hydrogens (tertiary/aromatic N) is 1. The summed E-state index contributed by atoms with van der Waals surface area (Å²) in [5.74, 6) is 0.247. The zero-order valence-electron chi connectivity index (χ0n) is 14.9. The molecule has 1 N–H and O–H groups in total. The van der Waals surface area contributed by atoms with E-state index in [1.807, 2.05) is 31.2 Å². The first kappa shape index (κ1) is 20.7. The van der Waals surface area contributed by atoms with Crippen molar-refractivity contribution in [3.05, 3.63) is 35.9 Å². The fourth-order valence-electron chi connectivity index (χ4n) is 2.17. The predicted octanol–water partition coefficient (Wildman–Crippen LogP) is 2.26. The summed E-state index contributed by atoms with van der Waals surface area (Å²) in [6.07, 6.45) is 3.79. The van der Waals surface area contributed by atoms with Crippen molar-refractivity contribution < 1.29 is 24.2 Å². The number of esters is 1. The first-order valence-corrected chi connectivity index (χ1v) is 8.57. The largest absolute Gasteiger partial charge is 0.494 e. The van der Waals surface area contributed by atoms with E-state index in [4.69, 9.17) is 14.6 Å². The first-order chi connectivity index (χ1) is 12.1. The van der Waals surface area contributed by atoms with Crippen LogP contribution >= 0.6 is 0 Å². The molecule has 0 aliphatic carbocycles. The topological polar surface area (TPSA) is 76.1 Å². The van der Waals surface area contributed by atoms with Crippen LogP contribution in [0.5, 0.6) is 5.75 Å². The highest BCUT2D eigenvalue weighted by molar-refractivity contribution is 5.92. The maximum absolute atomic E-state index is 12.3. The van der Waals surface area contributed by atoms with Gasteiger partial charge in [-0.15, -0.1) is 0 Å². The minimum absolute atomic E-state index is 0.00814. The van der Waals surface area contributed by atoms with E-state index in [0.717, 1.165) is 11.3 Å². The number of amides is 1. The minimum atomic E-state index is -0.334. The second-order valence-corrected chi connectivity index (χ2v) is 5.29. The maximum atomic E-state index is 12.3. The molecule has 1 aromatic carbocycles. The molecule has 0 saturated carbocycles. The summed E-state index contributed by atoms with van der Waals surface area (Å²) in [6, 6.07) is 7.42. The number of carbonyl (C=O) groups excluding carboxylic acids is 2. The first-order valence-electron chi connectivity index (χ1n) is 8.57. The number of aliphatic hydroxyl groups is 1. The highest BCUT2D eigenvalue weighted by Gasteiger charge is 2.13. The fourth-order valence-corrected chi connectivity index (χ4v) is 2.17. The van der Waals surface area contributed by atoms with E-state index in [2.05, 4.69) is 0 Å². The zero-order chi connectivity index (χ0) is 18.5. The molecule has 6 heteroatoms. The summed E-state index contributed by atoms with van der Waals surface area (Å²) < 4.78 is 10.3. The third kappa shape index (κ3) is 8.35. The van der Waals surface area contributed by atoms with Gasteiger partial charge in [0, 0.05) is 25.8 Å². The summed E-state index contributed by atoms with van der Waals surface area (Å²) in [4.78, 5) is 25.4. The predicted molar refractivity (Wildman–Crippen MR) is 96.2 cm³/mol. The van der Waals surface area contributed by atoms with Crippen molar-refractivity contribution in [1.82, 2.24) is 4.90 Å². The zero-order valence-corrected chi connectivity index (χ0v) is 14.9. The molecule has 0 aromatic heterocycles. The van der Waals surface area contributed by atoms with Crippen LogP contribution in [0.15, 0.2) is 30.3 Å². The van der Waals surface area contributed by atoms with Gasteiger partial charge in [0.25, 0.3) is 0 Å². The molecule has 0 atom stereocenters. The van der Waals surface area contributed by atoms with E-state index in [0.29, 0.717) is 26.2 Å². The van der Waals surface area contributed by atoms with Gasteiger partial charge in [-0.2, -0.15) is 0 Å². The van der Waals surface area contributed by atoms with Gasteiger partial charge in [0.1, 0.15) is 5.75 Å². The molecule has 0 fully saturated rings.